The third-order valence-corrected chi connectivity index (χ3v) is 2.99. The normalized spacial score (nSPS) is 11.4. The quantitative estimate of drug-likeness (QED) is 0.381. The minimum Gasteiger partial charge on any atom is -0.477 e. The number of carboxylic acids is 1. The van der Waals surface area contributed by atoms with E-state index in [0.717, 1.165) is 11.3 Å². The summed E-state index contributed by atoms with van der Waals surface area (Å²) in [7, 11) is 0. The van der Waals surface area contributed by atoms with E-state index in [9.17, 15) is 4.79 Å². The fourth-order valence-corrected chi connectivity index (χ4v) is 1.92. The summed E-state index contributed by atoms with van der Waals surface area (Å²) in [5.74, 6) is -0.181. The molecule has 0 unspecified atom stereocenters. The van der Waals surface area contributed by atoms with Crippen LogP contribution in [-0.2, 0) is 4.79 Å². The average Bonchev–Trinajstić information content (AvgIpc) is 2.36. The van der Waals surface area contributed by atoms with E-state index >= 15 is 0 Å². The Morgan fingerprint density at radius 3 is 2.61 bits per heavy atom. The summed E-state index contributed by atoms with van der Waals surface area (Å²) in [5.41, 5.74) is 0.693. The number of nitrogens with zero attached hydrogens (tertiary/aromatic N) is 1. The molecular weight excluding hydrogens is 246 g/mol. The summed E-state index contributed by atoms with van der Waals surface area (Å²) in [4.78, 5) is 11.8. The molecule has 0 fully saturated rings. The largest absolute Gasteiger partial charge is 0.477 e. The van der Waals surface area contributed by atoms with Crippen LogP contribution in [0.25, 0.3) is 6.08 Å². The molecule has 0 atom stereocenters. The summed E-state index contributed by atoms with van der Waals surface area (Å²) < 4.78 is 0. The molecule has 4 heteroatoms. The molecule has 18 heavy (non-hydrogen) atoms. The van der Waals surface area contributed by atoms with Gasteiger partial charge in [-0.05, 0) is 29.5 Å². The molecule has 1 aromatic rings. The molecule has 0 aliphatic carbocycles. The van der Waals surface area contributed by atoms with Gasteiger partial charge in [0.2, 0.25) is 0 Å². The lowest BCUT2D eigenvalue weighted by molar-refractivity contribution is -0.132. The molecular formula is C14H13NO2S. The van der Waals surface area contributed by atoms with Crippen LogP contribution in [0.2, 0.25) is 0 Å². The van der Waals surface area contributed by atoms with Crippen molar-refractivity contribution in [2.45, 2.75) is 11.8 Å². The summed E-state index contributed by atoms with van der Waals surface area (Å²) in [6.45, 7) is 2.10. The van der Waals surface area contributed by atoms with Crippen LogP contribution >= 0.6 is 11.8 Å². The minimum atomic E-state index is -1.21. The molecule has 1 N–H and O–H groups in total. The zero-order valence-corrected chi connectivity index (χ0v) is 10.8. The van der Waals surface area contributed by atoms with Crippen LogP contribution in [0.5, 0.6) is 0 Å². The Morgan fingerprint density at radius 1 is 1.44 bits per heavy atom. The molecule has 0 radical (unpaired) electrons. The van der Waals surface area contributed by atoms with Crippen molar-refractivity contribution in [2.75, 3.05) is 5.75 Å². The third-order valence-electron chi connectivity index (χ3n) is 2.09. The smallest absolute Gasteiger partial charge is 0.346 e. The van der Waals surface area contributed by atoms with Crippen LogP contribution in [0.4, 0.5) is 0 Å². The van der Waals surface area contributed by atoms with Gasteiger partial charge >= 0.3 is 5.97 Å². The van der Waals surface area contributed by atoms with E-state index < -0.39 is 5.97 Å². The first-order chi connectivity index (χ1) is 8.67. The number of allylic oxidation sites excluding steroid dienone is 2. The average molecular weight is 259 g/mol. The van der Waals surface area contributed by atoms with Crippen LogP contribution in [0, 0.1) is 11.3 Å². The topological polar surface area (TPSA) is 61.1 Å². The summed E-state index contributed by atoms with van der Waals surface area (Å²) >= 11 is 1.76. The fraction of sp³-hybridized carbons (Fsp3) is 0.143. The van der Waals surface area contributed by atoms with Gasteiger partial charge in [0.15, 0.2) is 0 Å². The number of nitriles is 1. The highest BCUT2D eigenvalue weighted by atomic mass is 32.2. The first kappa shape index (κ1) is 14.1. The Labute approximate surface area is 110 Å². The molecule has 0 spiro atoms. The van der Waals surface area contributed by atoms with E-state index in [1.54, 1.807) is 30.0 Å². The Morgan fingerprint density at radius 2 is 2.11 bits per heavy atom. The highest BCUT2D eigenvalue weighted by molar-refractivity contribution is 7.99. The lowest BCUT2D eigenvalue weighted by atomic mass is 10.2. The number of hydrogen-bond donors (Lipinski definition) is 1. The van der Waals surface area contributed by atoms with Crippen molar-refractivity contribution >= 4 is 23.8 Å². The molecule has 0 saturated carbocycles. The molecule has 92 valence electrons. The number of hydrogen-bond acceptors (Lipinski definition) is 3. The van der Waals surface area contributed by atoms with E-state index in [1.165, 1.54) is 11.0 Å². The van der Waals surface area contributed by atoms with Crippen LogP contribution in [0.15, 0.2) is 46.9 Å². The number of benzene rings is 1. The highest BCUT2D eigenvalue weighted by Crippen LogP contribution is 2.18. The lowest BCUT2D eigenvalue weighted by Crippen LogP contribution is -1.96. The van der Waals surface area contributed by atoms with E-state index in [-0.39, 0.29) is 5.57 Å². The van der Waals surface area contributed by atoms with E-state index in [2.05, 4.69) is 6.92 Å². The van der Waals surface area contributed by atoms with E-state index in [0.29, 0.717) is 0 Å². The second kappa shape index (κ2) is 7.36. The van der Waals surface area contributed by atoms with Gasteiger partial charge in [0.25, 0.3) is 0 Å². The van der Waals surface area contributed by atoms with Gasteiger partial charge in [-0.15, -0.1) is 11.8 Å². The van der Waals surface area contributed by atoms with Crippen molar-refractivity contribution in [1.82, 2.24) is 0 Å². The van der Waals surface area contributed by atoms with Crippen LogP contribution in [-0.4, -0.2) is 16.8 Å². The second-order valence-corrected chi connectivity index (χ2v) is 4.70. The van der Waals surface area contributed by atoms with Gasteiger partial charge in [-0.25, -0.2) is 4.79 Å². The van der Waals surface area contributed by atoms with Crippen molar-refractivity contribution in [3.63, 3.8) is 0 Å². The maximum absolute atomic E-state index is 10.6. The van der Waals surface area contributed by atoms with E-state index in [1.807, 2.05) is 24.3 Å². The van der Waals surface area contributed by atoms with Crippen molar-refractivity contribution in [3.8, 4) is 6.07 Å². The van der Waals surface area contributed by atoms with Gasteiger partial charge in [-0.1, -0.05) is 31.2 Å². The molecule has 1 rings (SSSR count). The fourth-order valence-electron chi connectivity index (χ4n) is 1.25. The van der Waals surface area contributed by atoms with E-state index in [4.69, 9.17) is 10.4 Å². The second-order valence-electron chi connectivity index (χ2n) is 3.36. The first-order valence-electron chi connectivity index (χ1n) is 5.42. The van der Waals surface area contributed by atoms with Crippen LogP contribution in [0.1, 0.15) is 12.5 Å². The van der Waals surface area contributed by atoms with Crippen LogP contribution in [0.3, 0.4) is 0 Å². The predicted molar refractivity (Wildman–Crippen MR) is 73.2 cm³/mol. The molecule has 0 amide bonds. The Kier molecular flexibility index (Phi) is 5.75. The molecule has 3 nitrogen and oxygen atoms in total. The summed E-state index contributed by atoms with van der Waals surface area (Å²) in [5, 5.41) is 17.2. The van der Waals surface area contributed by atoms with Gasteiger partial charge in [-0.3, -0.25) is 0 Å². The number of carbonyl (C=O) groups is 1. The molecule has 0 aliphatic heterocycles. The van der Waals surface area contributed by atoms with Crippen molar-refractivity contribution in [3.05, 3.63) is 47.6 Å². The van der Waals surface area contributed by atoms with Gasteiger partial charge < -0.3 is 5.11 Å². The van der Waals surface area contributed by atoms with Gasteiger partial charge in [0, 0.05) is 4.90 Å². The standard InChI is InChI=1S/C14H13NO2S/c1-2-18-13-8-6-11(7-9-13)4-3-5-12(10-15)14(16)17/h3-9H,2H2,1H3,(H,16,17). The Balaban J connectivity index is 2.73. The summed E-state index contributed by atoms with van der Waals surface area (Å²) in [6.07, 6.45) is 4.62. The first-order valence-corrected chi connectivity index (χ1v) is 6.40. The van der Waals surface area contributed by atoms with Crippen LogP contribution < -0.4 is 0 Å². The van der Waals surface area contributed by atoms with Crippen molar-refractivity contribution in [1.29, 1.82) is 5.26 Å². The predicted octanol–water partition coefficient (Wildman–Crippen LogP) is 3.35. The lowest BCUT2D eigenvalue weighted by Gasteiger charge is -1.98. The molecule has 0 aromatic heterocycles. The number of rotatable bonds is 5. The Bertz CT molecular complexity index is 510. The maximum atomic E-state index is 10.6. The monoisotopic (exact) mass is 259 g/mol. The minimum absolute atomic E-state index is 0.274. The zero-order chi connectivity index (χ0) is 13.4. The molecule has 0 aliphatic rings. The number of thioether (sulfide) groups is 1. The number of carboxylic acid groups (broad SMARTS) is 1. The molecule has 1 aromatic carbocycles. The van der Waals surface area contributed by atoms with Gasteiger partial charge in [-0.2, -0.15) is 5.26 Å². The molecule has 0 bridgehead atoms. The highest BCUT2D eigenvalue weighted by Gasteiger charge is 2.02. The van der Waals surface area contributed by atoms with Gasteiger partial charge in [0.1, 0.15) is 11.6 Å². The molecule has 0 saturated heterocycles. The summed E-state index contributed by atoms with van der Waals surface area (Å²) in [6, 6.07) is 9.56. The maximum Gasteiger partial charge on any atom is 0.346 e. The van der Waals surface area contributed by atoms with Gasteiger partial charge in [0.05, 0.1) is 0 Å². The molecule has 0 heterocycles. The third kappa shape index (κ3) is 4.48. The van der Waals surface area contributed by atoms with Crippen molar-refractivity contribution in [2.24, 2.45) is 0 Å². The Hall–Kier alpha value is -1.99. The zero-order valence-electron chi connectivity index (χ0n) is 9.96. The number of aliphatic carboxylic acids is 1. The van der Waals surface area contributed by atoms with Crippen molar-refractivity contribution < 1.29 is 9.90 Å². The SMILES string of the molecule is CCSc1ccc(C=CC=C(C#N)C(=O)O)cc1.